The molecule has 0 unspecified atom stereocenters. The van der Waals surface area contributed by atoms with Crippen molar-refractivity contribution in [2.75, 3.05) is 22.5 Å². The van der Waals surface area contributed by atoms with E-state index in [9.17, 15) is 24.3 Å². The Morgan fingerprint density at radius 3 is 2.32 bits per heavy atom. The molecule has 162 valence electrons. The van der Waals surface area contributed by atoms with Gasteiger partial charge in [-0.25, -0.2) is 4.79 Å². The molecule has 1 aromatic heterocycles. The van der Waals surface area contributed by atoms with Gasteiger partial charge in [0, 0.05) is 18.7 Å². The third-order valence-corrected chi connectivity index (χ3v) is 5.76. The highest BCUT2D eigenvalue weighted by Gasteiger charge is 2.26. The fraction of sp³-hybridized carbons (Fsp3) is 0.238. The van der Waals surface area contributed by atoms with E-state index in [-0.39, 0.29) is 23.7 Å². The number of halogens is 1. The lowest BCUT2D eigenvalue weighted by atomic mass is 10.0. The lowest BCUT2D eigenvalue weighted by molar-refractivity contribution is -0.137. The van der Waals surface area contributed by atoms with Crippen molar-refractivity contribution in [1.82, 2.24) is 0 Å². The standard InChI is InChI=1S/C21H20ClN3O5S/c1-2-9-23-16-17(19(27)18(16)26)25-13(21(29)30)10-11-3-5-12(6-4-11)24-20(28)14-7-8-15(22)31-14/h3-8,13,23,25H,2,9-10H2,1H3,(H,24,28)(H,29,30)/t13-/m0/s1. The predicted molar refractivity (Wildman–Crippen MR) is 123 cm³/mol. The molecule has 3 aromatic rings. The maximum absolute atomic E-state index is 12.2. The zero-order valence-corrected chi connectivity index (χ0v) is 18.1. The van der Waals surface area contributed by atoms with Crippen LogP contribution in [0.3, 0.4) is 0 Å². The molecule has 0 fully saturated rings. The first-order valence-electron chi connectivity index (χ1n) is 9.52. The molecule has 0 aliphatic carbocycles. The predicted octanol–water partition coefficient (Wildman–Crippen LogP) is 3.18. The van der Waals surface area contributed by atoms with E-state index in [2.05, 4.69) is 16.0 Å². The van der Waals surface area contributed by atoms with E-state index < -0.39 is 22.9 Å². The van der Waals surface area contributed by atoms with Crippen LogP contribution in [0.5, 0.6) is 0 Å². The van der Waals surface area contributed by atoms with E-state index in [1.165, 1.54) is 11.3 Å². The van der Waals surface area contributed by atoms with Crippen molar-refractivity contribution in [3.05, 3.63) is 71.6 Å². The molecule has 1 heterocycles. The largest absolute Gasteiger partial charge is 0.480 e. The van der Waals surface area contributed by atoms with Gasteiger partial charge in [0.05, 0.1) is 9.21 Å². The smallest absolute Gasteiger partial charge is 0.326 e. The average Bonchev–Trinajstić information content (AvgIpc) is 3.19. The number of rotatable bonds is 10. The molecular formula is C21H20ClN3O5S. The van der Waals surface area contributed by atoms with Crippen molar-refractivity contribution in [1.29, 1.82) is 0 Å². The Labute approximate surface area is 186 Å². The van der Waals surface area contributed by atoms with Gasteiger partial charge in [-0.15, -0.1) is 11.3 Å². The van der Waals surface area contributed by atoms with Gasteiger partial charge >= 0.3 is 5.97 Å². The Balaban J connectivity index is 1.66. The maximum Gasteiger partial charge on any atom is 0.326 e. The van der Waals surface area contributed by atoms with Gasteiger partial charge in [0.25, 0.3) is 16.8 Å². The van der Waals surface area contributed by atoms with E-state index in [0.717, 1.165) is 6.42 Å². The molecule has 4 N–H and O–H groups in total. The summed E-state index contributed by atoms with van der Waals surface area (Å²) in [7, 11) is 0. The van der Waals surface area contributed by atoms with Crippen LogP contribution in [0, 0.1) is 0 Å². The number of hydrogen-bond donors (Lipinski definition) is 4. The Hall–Kier alpha value is -3.17. The minimum atomic E-state index is -1.15. The van der Waals surface area contributed by atoms with Crippen LogP contribution < -0.4 is 26.8 Å². The van der Waals surface area contributed by atoms with Gasteiger partial charge in [0.2, 0.25) is 0 Å². The summed E-state index contributed by atoms with van der Waals surface area (Å²) in [5, 5.41) is 17.8. The summed E-state index contributed by atoms with van der Waals surface area (Å²) < 4.78 is 0.516. The van der Waals surface area contributed by atoms with Crippen LogP contribution in [0.15, 0.2) is 46.0 Å². The summed E-state index contributed by atoms with van der Waals surface area (Å²) in [6.07, 6.45) is 0.832. The van der Waals surface area contributed by atoms with Crippen molar-refractivity contribution in [3.63, 3.8) is 0 Å². The number of carboxylic acid groups (broad SMARTS) is 1. The van der Waals surface area contributed by atoms with Crippen molar-refractivity contribution < 1.29 is 14.7 Å². The van der Waals surface area contributed by atoms with E-state index >= 15 is 0 Å². The maximum atomic E-state index is 12.2. The first-order chi connectivity index (χ1) is 14.8. The number of amides is 1. The zero-order valence-electron chi connectivity index (χ0n) is 16.5. The Kier molecular flexibility index (Phi) is 7.09. The van der Waals surface area contributed by atoms with Crippen molar-refractivity contribution >= 4 is 51.9 Å². The number of carboxylic acids is 1. The molecule has 0 spiro atoms. The summed E-state index contributed by atoms with van der Waals surface area (Å²) in [5.74, 6) is -1.44. The summed E-state index contributed by atoms with van der Waals surface area (Å²) in [6.45, 7) is 2.41. The number of hydrogen-bond acceptors (Lipinski definition) is 7. The fourth-order valence-electron chi connectivity index (χ4n) is 2.91. The fourth-order valence-corrected chi connectivity index (χ4v) is 3.85. The Bertz CT molecular complexity index is 1160. The molecule has 0 saturated carbocycles. The first kappa shape index (κ1) is 22.5. The van der Waals surface area contributed by atoms with Crippen LogP contribution in [0.25, 0.3) is 0 Å². The molecule has 0 saturated heterocycles. The second-order valence-electron chi connectivity index (χ2n) is 6.83. The number of carbonyl (C=O) groups excluding carboxylic acids is 1. The molecule has 0 aliphatic rings. The van der Waals surface area contributed by atoms with Crippen LogP contribution in [-0.2, 0) is 11.2 Å². The molecule has 8 nitrogen and oxygen atoms in total. The lowest BCUT2D eigenvalue weighted by Crippen LogP contribution is -2.42. The van der Waals surface area contributed by atoms with Gasteiger partial charge in [0.1, 0.15) is 17.4 Å². The second kappa shape index (κ2) is 9.76. The number of aliphatic carboxylic acids is 1. The highest BCUT2D eigenvalue weighted by Crippen LogP contribution is 2.23. The molecule has 3 rings (SSSR count). The number of carbonyl (C=O) groups is 2. The summed E-state index contributed by atoms with van der Waals surface area (Å²) in [4.78, 5) is 47.9. The summed E-state index contributed by atoms with van der Waals surface area (Å²) >= 11 is 7.01. The second-order valence-corrected chi connectivity index (χ2v) is 8.54. The normalized spacial score (nSPS) is 11.8. The lowest BCUT2D eigenvalue weighted by Gasteiger charge is -2.20. The van der Waals surface area contributed by atoms with Crippen LogP contribution >= 0.6 is 22.9 Å². The van der Waals surface area contributed by atoms with Gasteiger partial charge < -0.3 is 21.1 Å². The minimum absolute atomic E-state index is 0.00402. The zero-order chi connectivity index (χ0) is 22.5. The molecular weight excluding hydrogens is 442 g/mol. The monoisotopic (exact) mass is 461 g/mol. The van der Waals surface area contributed by atoms with E-state index in [1.807, 2.05) is 6.92 Å². The number of benzene rings is 1. The van der Waals surface area contributed by atoms with Crippen molar-refractivity contribution in [2.24, 2.45) is 0 Å². The topological polar surface area (TPSA) is 125 Å². The van der Waals surface area contributed by atoms with Crippen molar-refractivity contribution in [2.45, 2.75) is 25.8 Å². The quantitative estimate of drug-likeness (QED) is 0.342. The van der Waals surface area contributed by atoms with E-state index in [4.69, 9.17) is 11.6 Å². The molecule has 0 radical (unpaired) electrons. The molecule has 1 atom stereocenters. The van der Waals surface area contributed by atoms with Gasteiger partial charge in [-0.1, -0.05) is 30.7 Å². The molecule has 10 heteroatoms. The molecule has 31 heavy (non-hydrogen) atoms. The van der Waals surface area contributed by atoms with E-state index in [1.54, 1.807) is 36.4 Å². The third-order valence-electron chi connectivity index (χ3n) is 4.53. The van der Waals surface area contributed by atoms with Crippen LogP contribution in [0.4, 0.5) is 17.1 Å². The molecule has 0 bridgehead atoms. The van der Waals surface area contributed by atoms with Gasteiger partial charge in [0.15, 0.2) is 0 Å². The SMILES string of the molecule is CCCNc1c(N[C@@H](Cc2ccc(NC(=O)c3ccc(Cl)s3)cc2)C(=O)O)c(=O)c1=O. The Morgan fingerprint density at radius 2 is 1.74 bits per heavy atom. The van der Waals surface area contributed by atoms with Gasteiger partial charge in [-0.05, 0) is 36.2 Å². The highest BCUT2D eigenvalue weighted by molar-refractivity contribution is 7.18. The molecule has 1 amide bonds. The van der Waals surface area contributed by atoms with Crippen LogP contribution in [0.2, 0.25) is 4.34 Å². The van der Waals surface area contributed by atoms with E-state index in [0.29, 0.717) is 27.0 Å². The molecule has 0 aliphatic heterocycles. The van der Waals surface area contributed by atoms with Gasteiger partial charge in [-0.3, -0.25) is 14.4 Å². The number of anilines is 3. The van der Waals surface area contributed by atoms with Crippen LogP contribution in [0.1, 0.15) is 28.6 Å². The minimum Gasteiger partial charge on any atom is -0.480 e. The number of thiophene rings is 1. The molecule has 2 aromatic carbocycles. The number of nitrogens with one attached hydrogen (secondary N) is 3. The average molecular weight is 462 g/mol. The summed E-state index contributed by atoms with van der Waals surface area (Å²) in [6, 6.07) is 8.87. The van der Waals surface area contributed by atoms with Crippen LogP contribution in [-0.4, -0.2) is 29.6 Å². The van der Waals surface area contributed by atoms with Gasteiger partial charge in [-0.2, -0.15) is 0 Å². The van der Waals surface area contributed by atoms with Crippen molar-refractivity contribution in [3.8, 4) is 0 Å². The first-order valence-corrected chi connectivity index (χ1v) is 10.7. The Morgan fingerprint density at radius 1 is 1.06 bits per heavy atom. The summed E-state index contributed by atoms with van der Waals surface area (Å²) in [5.41, 5.74) is -0.0107. The third kappa shape index (κ3) is 5.31. The highest BCUT2D eigenvalue weighted by atomic mass is 35.5.